The van der Waals surface area contributed by atoms with Crippen LogP contribution in [-0.2, 0) is 38.2 Å². The number of aromatic hydroxyl groups is 1. The number of halogens is 1. The minimum absolute atomic E-state index is 0.00137. The van der Waals surface area contributed by atoms with E-state index < -0.39 is 8.32 Å². The summed E-state index contributed by atoms with van der Waals surface area (Å²) in [5, 5.41) is 20.0. The molecule has 14 nitrogen and oxygen atoms in total. The standard InChI is InChI=1S/C48H68ClN7O7Si/c1-47(2,3)64(5,6)63-41(37-12-14-40(57)45-38(37)13-15-42(58)51-45)30-50-21-25-53(4)43(59)18-28-61-27-17-35-8-7-9-36(44(35)49)32-54-23-19-48(20-24-54)33-55(26-29-62-48)46(60)39-16-22-56(52-39)31-34-10-11-34/h7-9,12-16,22,34,41,50,57H,10-11,17-21,23-33H2,1-6H3,(H,51,58)/t41-/m0/s1. The molecule has 3 N–H and O–H groups in total. The predicted molar refractivity (Wildman–Crippen MR) is 252 cm³/mol. The van der Waals surface area contributed by atoms with E-state index in [2.05, 4.69) is 60.2 Å². The number of fused-ring (bicyclic) bond motifs is 1. The fourth-order valence-corrected chi connectivity index (χ4v) is 10.0. The number of nitrogens with one attached hydrogen (secondary N) is 2. The fraction of sp³-hybridized carbons (Fsp3) is 0.583. The minimum atomic E-state index is -2.22. The Morgan fingerprint density at radius 3 is 2.59 bits per heavy atom. The van der Waals surface area contributed by atoms with Gasteiger partial charge < -0.3 is 39.1 Å². The minimum Gasteiger partial charge on any atom is -0.506 e. The maximum atomic E-state index is 13.4. The summed E-state index contributed by atoms with van der Waals surface area (Å²) in [4.78, 5) is 47.3. The molecule has 2 aliphatic heterocycles. The van der Waals surface area contributed by atoms with E-state index in [1.807, 2.05) is 40.0 Å². The molecule has 0 radical (unpaired) electrons. The molecule has 7 rings (SSSR count). The predicted octanol–water partition coefficient (Wildman–Crippen LogP) is 6.76. The van der Waals surface area contributed by atoms with Gasteiger partial charge >= 0.3 is 0 Å². The van der Waals surface area contributed by atoms with Gasteiger partial charge in [0.25, 0.3) is 5.91 Å². The van der Waals surface area contributed by atoms with Crippen molar-refractivity contribution < 1.29 is 28.6 Å². The highest BCUT2D eigenvalue weighted by atomic mass is 35.5. The molecule has 2 aromatic heterocycles. The van der Waals surface area contributed by atoms with Crippen LogP contribution in [0.3, 0.4) is 0 Å². The van der Waals surface area contributed by atoms with Crippen LogP contribution in [0.5, 0.6) is 5.75 Å². The first-order chi connectivity index (χ1) is 30.5. The van der Waals surface area contributed by atoms with Gasteiger partial charge in [-0.25, -0.2) is 0 Å². The van der Waals surface area contributed by atoms with Crippen molar-refractivity contribution in [3.63, 3.8) is 0 Å². The van der Waals surface area contributed by atoms with Crippen molar-refractivity contribution in [2.75, 3.05) is 72.7 Å². The number of piperidine rings is 1. The smallest absolute Gasteiger partial charge is 0.274 e. The Morgan fingerprint density at radius 1 is 1.08 bits per heavy atom. The maximum Gasteiger partial charge on any atom is 0.274 e. The average molecular weight is 919 g/mol. The second kappa shape index (κ2) is 20.6. The number of carbonyl (C=O) groups excluding carboxylic acids is 2. The number of carbonyl (C=O) groups is 2. The number of hydrogen-bond acceptors (Lipinski definition) is 10. The van der Waals surface area contributed by atoms with Crippen molar-refractivity contribution in [3.8, 4) is 5.75 Å². The molecule has 3 fully saturated rings. The van der Waals surface area contributed by atoms with Crippen LogP contribution >= 0.6 is 11.6 Å². The van der Waals surface area contributed by atoms with Crippen LogP contribution in [0.1, 0.15) is 86.2 Å². The zero-order valence-electron chi connectivity index (χ0n) is 38.6. The van der Waals surface area contributed by atoms with Gasteiger partial charge in [-0.1, -0.05) is 56.6 Å². The Balaban J connectivity index is 0.818. The molecule has 16 heteroatoms. The van der Waals surface area contributed by atoms with Gasteiger partial charge in [-0.15, -0.1) is 0 Å². The molecule has 1 atom stereocenters. The molecule has 1 saturated carbocycles. The van der Waals surface area contributed by atoms with Crippen LogP contribution in [0.4, 0.5) is 0 Å². The molecular formula is C48H68ClN7O7Si. The molecular weight excluding hydrogens is 850 g/mol. The number of likely N-dealkylation sites (N-methyl/N-ethyl adjacent to an activating group) is 1. The van der Waals surface area contributed by atoms with Gasteiger partial charge in [-0.2, -0.15) is 5.10 Å². The molecule has 1 aliphatic carbocycles. The largest absolute Gasteiger partial charge is 0.506 e. The second-order valence-electron chi connectivity index (χ2n) is 19.6. The third-order valence-electron chi connectivity index (χ3n) is 13.7. The Hall–Kier alpha value is -4.09. The molecule has 1 spiro atoms. The molecule has 3 aliphatic rings. The van der Waals surface area contributed by atoms with Gasteiger partial charge in [0.2, 0.25) is 11.5 Å². The number of hydrogen-bond donors (Lipinski definition) is 3. The lowest BCUT2D eigenvalue weighted by Gasteiger charge is -2.47. The highest BCUT2D eigenvalue weighted by Gasteiger charge is 2.42. The molecule has 4 heterocycles. The van der Waals surface area contributed by atoms with Gasteiger partial charge in [0.15, 0.2) is 8.32 Å². The van der Waals surface area contributed by atoms with Gasteiger partial charge in [-0.3, -0.25) is 24.0 Å². The number of morpholine rings is 1. The number of nitrogens with zero attached hydrogens (tertiary/aromatic N) is 5. The Bertz CT molecular complexity index is 2300. The summed E-state index contributed by atoms with van der Waals surface area (Å²) in [7, 11) is -0.417. The summed E-state index contributed by atoms with van der Waals surface area (Å²) in [5.41, 5.74) is 3.28. The Kier molecular flexibility index (Phi) is 15.4. The first kappa shape index (κ1) is 47.9. The first-order valence-electron chi connectivity index (χ1n) is 23.0. The lowest BCUT2D eigenvalue weighted by molar-refractivity contribution is -0.131. The van der Waals surface area contributed by atoms with E-state index in [0.29, 0.717) is 76.1 Å². The molecule has 348 valence electrons. The third kappa shape index (κ3) is 12.0. The fourth-order valence-electron chi connectivity index (χ4n) is 8.46. The van der Waals surface area contributed by atoms with Crippen LogP contribution in [-0.4, -0.2) is 133 Å². The van der Waals surface area contributed by atoms with Gasteiger partial charge in [0, 0.05) is 82.1 Å². The Labute approximate surface area is 383 Å². The number of rotatable bonds is 19. The van der Waals surface area contributed by atoms with E-state index in [1.165, 1.54) is 18.9 Å². The zero-order valence-corrected chi connectivity index (χ0v) is 40.3. The van der Waals surface area contributed by atoms with E-state index in [1.54, 1.807) is 24.1 Å². The van der Waals surface area contributed by atoms with Crippen molar-refractivity contribution in [1.29, 1.82) is 0 Å². The molecule has 2 aromatic carbocycles. The highest BCUT2D eigenvalue weighted by molar-refractivity contribution is 6.74. The zero-order chi connectivity index (χ0) is 45.6. The van der Waals surface area contributed by atoms with Crippen LogP contribution in [0, 0.1) is 5.92 Å². The molecule has 2 saturated heterocycles. The number of phenols is 1. The van der Waals surface area contributed by atoms with E-state index >= 15 is 0 Å². The number of aromatic amines is 1. The average Bonchev–Trinajstić information content (AvgIpc) is 3.96. The van der Waals surface area contributed by atoms with Crippen LogP contribution in [0.2, 0.25) is 23.2 Å². The maximum absolute atomic E-state index is 13.4. The van der Waals surface area contributed by atoms with Gasteiger partial charge in [0.05, 0.1) is 50.0 Å². The summed E-state index contributed by atoms with van der Waals surface area (Å²) in [6.07, 6.45) is 6.70. The topological polar surface area (TPSA) is 154 Å². The van der Waals surface area contributed by atoms with Crippen LogP contribution < -0.4 is 10.9 Å². The third-order valence-corrected chi connectivity index (χ3v) is 18.7. The quantitative estimate of drug-likeness (QED) is 0.0680. The normalized spacial score (nSPS) is 17.6. The van der Waals surface area contributed by atoms with E-state index in [9.17, 15) is 19.5 Å². The Morgan fingerprint density at radius 2 is 1.84 bits per heavy atom. The highest BCUT2D eigenvalue weighted by Crippen LogP contribution is 2.41. The van der Waals surface area contributed by atoms with Crippen molar-refractivity contribution in [2.24, 2.45) is 5.92 Å². The molecule has 2 amide bonds. The van der Waals surface area contributed by atoms with E-state index in [-0.39, 0.29) is 46.3 Å². The number of H-pyrrole nitrogens is 1. The summed E-state index contributed by atoms with van der Waals surface area (Å²) in [5.74, 6) is 0.710. The van der Waals surface area contributed by atoms with Crippen LogP contribution in [0.15, 0.2) is 59.5 Å². The summed E-state index contributed by atoms with van der Waals surface area (Å²) < 4.78 is 21.1. The number of amides is 2. The number of aromatic nitrogens is 3. The number of benzene rings is 2. The summed E-state index contributed by atoms with van der Waals surface area (Å²) in [6.45, 7) is 18.4. The van der Waals surface area contributed by atoms with Crippen molar-refractivity contribution in [2.45, 2.75) is 102 Å². The molecule has 4 aromatic rings. The molecule has 0 bridgehead atoms. The second-order valence-corrected chi connectivity index (χ2v) is 24.7. The number of phenolic OH excluding ortho intramolecular Hbond substituents is 1. The van der Waals surface area contributed by atoms with Gasteiger partial charge in [0.1, 0.15) is 11.4 Å². The lowest BCUT2D eigenvalue weighted by atomic mass is 9.89. The van der Waals surface area contributed by atoms with E-state index in [0.717, 1.165) is 66.1 Å². The van der Waals surface area contributed by atoms with E-state index in [4.69, 9.17) is 25.5 Å². The summed E-state index contributed by atoms with van der Waals surface area (Å²) in [6, 6.07) is 14.7. The number of ether oxygens (including phenoxy) is 2. The number of likely N-dealkylation sites (tertiary alicyclic amines) is 1. The SMILES string of the molecule is CN(CCNC[C@H](O[Si](C)(C)C(C)(C)C)c1ccc(O)c2[nH]c(=O)ccc12)C(=O)CCOCCc1cccc(CN2CCC3(CC2)CN(C(=O)c2ccn(CC4CC4)n2)CCO3)c1Cl. The van der Waals surface area contributed by atoms with Crippen molar-refractivity contribution >= 4 is 42.6 Å². The lowest BCUT2D eigenvalue weighted by Crippen LogP contribution is -2.58. The molecule has 0 unspecified atom stereocenters. The van der Waals surface area contributed by atoms with Crippen molar-refractivity contribution in [1.82, 2.24) is 34.8 Å². The van der Waals surface area contributed by atoms with Gasteiger partial charge in [-0.05, 0) is 91.0 Å². The first-order valence-corrected chi connectivity index (χ1v) is 26.3. The van der Waals surface area contributed by atoms with Crippen LogP contribution in [0.25, 0.3) is 10.9 Å². The summed E-state index contributed by atoms with van der Waals surface area (Å²) >= 11 is 6.97. The van der Waals surface area contributed by atoms with Crippen molar-refractivity contribution in [3.05, 3.63) is 92.5 Å². The molecule has 64 heavy (non-hydrogen) atoms. The monoisotopic (exact) mass is 917 g/mol. The number of pyridine rings is 1.